The van der Waals surface area contributed by atoms with E-state index in [1.54, 1.807) is 0 Å². The summed E-state index contributed by atoms with van der Waals surface area (Å²) in [5.41, 5.74) is 7.55. The van der Waals surface area contributed by atoms with Crippen molar-refractivity contribution >= 4 is 10.9 Å². The molecule has 3 N–H and O–H groups in total. The van der Waals surface area contributed by atoms with Crippen molar-refractivity contribution in [3.63, 3.8) is 0 Å². The maximum atomic E-state index is 5.97. The number of hydrogen-bond acceptors (Lipinski definition) is 2. The third-order valence-corrected chi connectivity index (χ3v) is 4.31. The van der Waals surface area contributed by atoms with Gasteiger partial charge in [-0.2, -0.15) is 0 Å². The molecule has 0 bridgehead atoms. The Balaban J connectivity index is 1.63. The Bertz CT molecular complexity index is 581. The van der Waals surface area contributed by atoms with E-state index < -0.39 is 0 Å². The molecule has 3 heteroatoms. The lowest BCUT2D eigenvalue weighted by atomic mass is 9.55. The second-order valence-corrected chi connectivity index (χ2v) is 6.69. The van der Waals surface area contributed by atoms with Crippen LogP contribution in [-0.2, 0) is 0 Å². The number of rotatable bonds is 4. The summed E-state index contributed by atoms with van der Waals surface area (Å²) >= 11 is 0. The highest BCUT2D eigenvalue weighted by Gasteiger charge is 2.48. The molecule has 2 aromatic rings. The molecule has 1 saturated carbocycles. The van der Waals surface area contributed by atoms with E-state index in [9.17, 15) is 0 Å². The number of ether oxygens (including phenoxy) is 1. The molecule has 1 aliphatic rings. The quantitative estimate of drug-likeness (QED) is 0.884. The summed E-state index contributed by atoms with van der Waals surface area (Å²) in [6.45, 7) is 6.11. The van der Waals surface area contributed by atoms with E-state index in [1.165, 1.54) is 5.39 Å². The highest BCUT2D eigenvalue weighted by atomic mass is 16.5. The average molecular weight is 258 g/mol. The van der Waals surface area contributed by atoms with Crippen LogP contribution in [0.1, 0.15) is 26.7 Å². The van der Waals surface area contributed by atoms with Crippen LogP contribution in [0.5, 0.6) is 5.75 Å². The fourth-order valence-electron chi connectivity index (χ4n) is 3.63. The van der Waals surface area contributed by atoms with Gasteiger partial charge in [0.25, 0.3) is 0 Å². The minimum atomic E-state index is 0.279. The summed E-state index contributed by atoms with van der Waals surface area (Å²) in [7, 11) is 0. The summed E-state index contributed by atoms with van der Waals surface area (Å²) < 4.78 is 5.97. The van der Waals surface area contributed by atoms with Gasteiger partial charge in [0, 0.05) is 22.5 Å². The SMILES string of the molecule is CC1(CN)CC(C)(COc2ccc3[nH]ccc3c2)C1. The summed E-state index contributed by atoms with van der Waals surface area (Å²) in [5, 5.41) is 1.20. The average Bonchev–Trinajstić information content (AvgIpc) is 2.82. The molecule has 1 aliphatic carbocycles. The standard InChI is InChI=1S/C16H22N2O/c1-15(10-17)8-16(2,9-15)11-19-13-3-4-14-12(7-13)5-6-18-14/h3-7,18H,8-11,17H2,1-2H3. The molecule has 1 heterocycles. The molecule has 1 fully saturated rings. The number of hydrogen-bond donors (Lipinski definition) is 2. The van der Waals surface area contributed by atoms with Crippen molar-refractivity contribution in [3.05, 3.63) is 30.5 Å². The second-order valence-electron chi connectivity index (χ2n) is 6.69. The van der Waals surface area contributed by atoms with Crippen LogP contribution < -0.4 is 10.5 Å². The molecule has 0 unspecified atom stereocenters. The zero-order chi connectivity index (χ0) is 13.5. The van der Waals surface area contributed by atoms with Crippen LogP contribution in [0, 0.1) is 10.8 Å². The van der Waals surface area contributed by atoms with Crippen LogP contribution in [0.4, 0.5) is 0 Å². The number of aromatic amines is 1. The summed E-state index contributed by atoms with van der Waals surface area (Å²) in [6, 6.07) is 8.26. The third kappa shape index (κ3) is 2.35. The predicted octanol–water partition coefficient (Wildman–Crippen LogP) is 3.31. The van der Waals surface area contributed by atoms with Crippen molar-refractivity contribution in [2.75, 3.05) is 13.2 Å². The number of aromatic nitrogens is 1. The van der Waals surface area contributed by atoms with Gasteiger partial charge in [-0.1, -0.05) is 13.8 Å². The Hall–Kier alpha value is -1.48. The first kappa shape index (κ1) is 12.5. The number of fused-ring (bicyclic) bond motifs is 1. The molecular weight excluding hydrogens is 236 g/mol. The highest BCUT2D eigenvalue weighted by molar-refractivity contribution is 5.80. The van der Waals surface area contributed by atoms with Crippen LogP contribution >= 0.6 is 0 Å². The van der Waals surface area contributed by atoms with Gasteiger partial charge in [0.2, 0.25) is 0 Å². The van der Waals surface area contributed by atoms with Crippen LogP contribution in [0.15, 0.2) is 30.5 Å². The lowest BCUT2D eigenvalue weighted by molar-refractivity contribution is -0.0382. The van der Waals surface area contributed by atoms with E-state index in [-0.39, 0.29) is 5.41 Å². The summed E-state index contributed by atoms with van der Waals surface area (Å²) in [6.07, 6.45) is 4.26. The largest absolute Gasteiger partial charge is 0.493 e. The molecule has 19 heavy (non-hydrogen) atoms. The maximum absolute atomic E-state index is 5.97. The molecule has 0 aliphatic heterocycles. The van der Waals surface area contributed by atoms with E-state index in [1.807, 2.05) is 12.3 Å². The monoisotopic (exact) mass is 258 g/mol. The number of nitrogens with one attached hydrogen (secondary N) is 1. The lowest BCUT2D eigenvalue weighted by Crippen LogP contribution is -2.50. The van der Waals surface area contributed by atoms with Gasteiger partial charge in [-0.3, -0.25) is 0 Å². The molecule has 102 valence electrons. The summed E-state index contributed by atoms with van der Waals surface area (Å²) in [4.78, 5) is 3.19. The van der Waals surface area contributed by atoms with Crippen LogP contribution in [0.3, 0.4) is 0 Å². The highest BCUT2D eigenvalue weighted by Crippen LogP contribution is 2.53. The third-order valence-electron chi connectivity index (χ3n) is 4.31. The van der Waals surface area contributed by atoms with Crippen molar-refractivity contribution in [2.24, 2.45) is 16.6 Å². The van der Waals surface area contributed by atoms with E-state index in [2.05, 4.69) is 37.0 Å². The first-order chi connectivity index (χ1) is 9.02. The fraction of sp³-hybridized carbons (Fsp3) is 0.500. The van der Waals surface area contributed by atoms with E-state index in [4.69, 9.17) is 10.5 Å². The minimum Gasteiger partial charge on any atom is -0.493 e. The Morgan fingerprint density at radius 1 is 1.21 bits per heavy atom. The zero-order valence-corrected chi connectivity index (χ0v) is 11.7. The second kappa shape index (κ2) is 4.27. The minimum absolute atomic E-state index is 0.279. The zero-order valence-electron chi connectivity index (χ0n) is 11.7. The number of H-pyrrole nitrogens is 1. The molecule has 0 spiro atoms. The van der Waals surface area contributed by atoms with Gasteiger partial charge in [0.15, 0.2) is 0 Å². The van der Waals surface area contributed by atoms with E-state index >= 15 is 0 Å². The number of nitrogens with two attached hydrogens (primary N) is 1. The smallest absolute Gasteiger partial charge is 0.120 e. The van der Waals surface area contributed by atoms with E-state index in [0.29, 0.717) is 5.41 Å². The molecule has 1 aromatic heterocycles. The van der Waals surface area contributed by atoms with Gasteiger partial charge < -0.3 is 15.5 Å². The summed E-state index contributed by atoms with van der Waals surface area (Å²) in [5.74, 6) is 0.953. The van der Waals surface area contributed by atoms with Crippen LogP contribution in [-0.4, -0.2) is 18.1 Å². The molecule has 3 nitrogen and oxygen atoms in total. The number of benzene rings is 1. The molecule has 3 rings (SSSR count). The maximum Gasteiger partial charge on any atom is 0.120 e. The van der Waals surface area contributed by atoms with Crippen LogP contribution in [0.2, 0.25) is 0 Å². The van der Waals surface area contributed by atoms with Crippen molar-refractivity contribution in [1.82, 2.24) is 4.98 Å². The Labute approximate surface area is 114 Å². The Morgan fingerprint density at radius 2 is 2.00 bits per heavy atom. The van der Waals surface area contributed by atoms with Gasteiger partial charge >= 0.3 is 0 Å². The van der Waals surface area contributed by atoms with Crippen molar-refractivity contribution in [1.29, 1.82) is 0 Å². The van der Waals surface area contributed by atoms with E-state index in [0.717, 1.165) is 37.3 Å². The molecule has 0 radical (unpaired) electrons. The van der Waals surface area contributed by atoms with Crippen LogP contribution in [0.25, 0.3) is 10.9 Å². The fourth-order valence-corrected chi connectivity index (χ4v) is 3.63. The Kier molecular flexibility index (Phi) is 2.82. The predicted molar refractivity (Wildman–Crippen MR) is 78.3 cm³/mol. The Morgan fingerprint density at radius 3 is 2.74 bits per heavy atom. The first-order valence-corrected chi connectivity index (χ1v) is 6.92. The topological polar surface area (TPSA) is 51.0 Å². The van der Waals surface area contributed by atoms with Gasteiger partial charge in [-0.15, -0.1) is 0 Å². The van der Waals surface area contributed by atoms with Gasteiger partial charge in [-0.05, 0) is 49.1 Å². The molecular formula is C16H22N2O. The molecule has 0 atom stereocenters. The first-order valence-electron chi connectivity index (χ1n) is 6.92. The van der Waals surface area contributed by atoms with Crippen molar-refractivity contribution in [2.45, 2.75) is 26.7 Å². The molecule has 0 amide bonds. The van der Waals surface area contributed by atoms with Gasteiger partial charge in [0.1, 0.15) is 5.75 Å². The van der Waals surface area contributed by atoms with Gasteiger partial charge in [-0.25, -0.2) is 0 Å². The molecule has 0 saturated heterocycles. The van der Waals surface area contributed by atoms with Crippen molar-refractivity contribution in [3.8, 4) is 5.75 Å². The lowest BCUT2D eigenvalue weighted by Gasteiger charge is -2.52. The normalized spacial score (nSPS) is 30.3. The van der Waals surface area contributed by atoms with Crippen molar-refractivity contribution < 1.29 is 4.74 Å². The van der Waals surface area contributed by atoms with Gasteiger partial charge in [0.05, 0.1) is 6.61 Å². The molecule has 1 aromatic carbocycles.